The van der Waals surface area contributed by atoms with E-state index in [0.717, 1.165) is 18.9 Å². The Labute approximate surface area is 120 Å². The molecule has 0 aromatic carbocycles. The fourth-order valence-electron chi connectivity index (χ4n) is 2.18. The molecule has 5 nitrogen and oxygen atoms in total. The fourth-order valence-corrected chi connectivity index (χ4v) is 2.18. The SMILES string of the molecule is CC(CCCn1ccc(C(F)(F)F)n1)(NC1CC1)C(N)=O. The molecule has 2 rings (SSSR count). The molecule has 1 aromatic rings. The number of hydrogen-bond donors (Lipinski definition) is 2. The number of rotatable bonds is 7. The number of carbonyl (C=O) groups is 1. The highest BCUT2D eigenvalue weighted by Gasteiger charge is 2.36. The topological polar surface area (TPSA) is 72.9 Å². The van der Waals surface area contributed by atoms with E-state index in [1.807, 2.05) is 0 Å². The van der Waals surface area contributed by atoms with E-state index >= 15 is 0 Å². The molecule has 0 spiro atoms. The number of aromatic nitrogens is 2. The normalized spacial score (nSPS) is 18.5. The molecule has 1 saturated carbocycles. The number of amides is 1. The highest BCUT2D eigenvalue weighted by molar-refractivity contribution is 5.84. The lowest BCUT2D eigenvalue weighted by Crippen LogP contribution is -2.54. The Morgan fingerprint density at radius 2 is 2.19 bits per heavy atom. The summed E-state index contributed by atoms with van der Waals surface area (Å²) in [6.45, 7) is 2.04. The van der Waals surface area contributed by atoms with Crippen LogP contribution in [0.2, 0.25) is 0 Å². The Bertz CT molecular complexity index is 510. The van der Waals surface area contributed by atoms with E-state index in [0.29, 0.717) is 25.4 Å². The predicted molar refractivity (Wildman–Crippen MR) is 70.2 cm³/mol. The van der Waals surface area contributed by atoms with Crippen LogP contribution in [0.5, 0.6) is 0 Å². The fraction of sp³-hybridized carbons (Fsp3) is 0.692. The van der Waals surface area contributed by atoms with Crippen molar-refractivity contribution in [2.24, 2.45) is 5.73 Å². The number of hydrogen-bond acceptors (Lipinski definition) is 3. The quantitative estimate of drug-likeness (QED) is 0.805. The van der Waals surface area contributed by atoms with E-state index in [2.05, 4.69) is 10.4 Å². The predicted octanol–water partition coefficient (Wildman–Crippen LogP) is 1.68. The van der Waals surface area contributed by atoms with Crippen LogP contribution in [0.15, 0.2) is 12.3 Å². The third kappa shape index (κ3) is 4.20. The molecule has 1 amide bonds. The number of nitrogens with one attached hydrogen (secondary N) is 1. The van der Waals surface area contributed by atoms with E-state index in [-0.39, 0.29) is 0 Å². The monoisotopic (exact) mass is 304 g/mol. The summed E-state index contributed by atoms with van der Waals surface area (Å²) in [6, 6.07) is 1.26. The van der Waals surface area contributed by atoms with Crippen LogP contribution >= 0.6 is 0 Å². The molecule has 1 aliphatic carbocycles. The number of aryl methyl sites for hydroxylation is 1. The zero-order valence-electron chi connectivity index (χ0n) is 11.8. The van der Waals surface area contributed by atoms with Crippen molar-refractivity contribution in [2.45, 2.75) is 56.9 Å². The highest BCUT2D eigenvalue weighted by atomic mass is 19.4. The van der Waals surface area contributed by atoms with Crippen molar-refractivity contribution in [3.05, 3.63) is 18.0 Å². The summed E-state index contributed by atoms with van der Waals surface area (Å²) in [7, 11) is 0. The van der Waals surface area contributed by atoms with Crippen LogP contribution in [0.4, 0.5) is 13.2 Å². The molecule has 0 saturated heterocycles. The average Bonchev–Trinajstić information content (AvgIpc) is 3.02. The number of alkyl halides is 3. The zero-order chi connectivity index (χ0) is 15.7. The van der Waals surface area contributed by atoms with Gasteiger partial charge in [0.2, 0.25) is 5.91 Å². The number of carbonyl (C=O) groups excluding carboxylic acids is 1. The Morgan fingerprint density at radius 1 is 1.52 bits per heavy atom. The second-order valence-corrected chi connectivity index (χ2v) is 5.68. The van der Waals surface area contributed by atoms with Crippen molar-refractivity contribution in [3.63, 3.8) is 0 Å². The molecule has 0 aliphatic heterocycles. The first-order valence-corrected chi connectivity index (χ1v) is 6.89. The summed E-state index contributed by atoms with van der Waals surface area (Å²) >= 11 is 0. The summed E-state index contributed by atoms with van der Waals surface area (Å²) < 4.78 is 38.5. The van der Waals surface area contributed by atoms with Crippen LogP contribution in [-0.2, 0) is 17.5 Å². The molecule has 1 aliphatic rings. The van der Waals surface area contributed by atoms with Gasteiger partial charge in [-0.25, -0.2) is 0 Å². The van der Waals surface area contributed by atoms with Gasteiger partial charge in [-0.2, -0.15) is 18.3 Å². The van der Waals surface area contributed by atoms with Gasteiger partial charge in [-0.3, -0.25) is 9.48 Å². The standard InChI is InChI=1S/C13H19F3N4O/c1-12(11(17)21,18-9-3-4-9)6-2-7-20-8-5-10(19-20)13(14,15)16/h5,8-9,18H,2-4,6-7H2,1H3,(H2,17,21). The molecular formula is C13H19F3N4O. The molecule has 8 heteroatoms. The number of halogens is 3. The zero-order valence-corrected chi connectivity index (χ0v) is 11.8. The lowest BCUT2D eigenvalue weighted by molar-refractivity contribution is -0.141. The molecule has 21 heavy (non-hydrogen) atoms. The molecule has 0 bridgehead atoms. The van der Waals surface area contributed by atoms with Gasteiger partial charge >= 0.3 is 6.18 Å². The van der Waals surface area contributed by atoms with Crippen LogP contribution < -0.4 is 11.1 Å². The Kier molecular flexibility index (Phi) is 4.27. The molecule has 0 radical (unpaired) electrons. The second kappa shape index (κ2) is 5.67. The Hall–Kier alpha value is -1.57. The molecule has 3 N–H and O–H groups in total. The van der Waals surface area contributed by atoms with Gasteiger partial charge in [-0.1, -0.05) is 0 Å². The van der Waals surface area contributed by atoms with Crippen LogP contribution in [0, 0.1) is 0 Å². The van der Waals surface area contributed by atoms with E-state index < -0.39 is 23.3 Å². The number of nitrogens with two attached hydrogens (primary N) is 1. The van der Waals surface area contributed by atoms with Gasteiger partial charge < -0.3 is 11.1 Å². The van der Waals surface area contributed by atoms with Crippen molar-refractivity contribution in [2.75, 3.05) is 0 Å². The third-order valence-corrected chi connectivity index (χ3v) is 3.64. The smallest absolute Gasteiger partial charge is 0.368 e. The lowest BCUT2D eigenvalue weighted by Gasteiger charge is -2.27. The van der Waals surface area contributed by atoms with Gasteiger partial charge in [0, 0.05) is 18.8 Å². The highest BCUT2D eigenvalue weighted by Crippen LogP contribution is 2.27. The Morgan fingerprint density at radius 3 is 2.67 bits per heavy atom. The maximum absolute atomic E-state index is 12.4. The molecule has 1 fully saturated rings. The maximum Gasteiger partial charge on any atom is 0.435 e. The molecular weight excluding hydrogens is 285 g/mol. The van der Waals surface area contributed by atoms with Crippen molar-refractivity contribution in [1.29, 1.82) is 0 Å². The first-order valence-electron chi connectivity index (χ1n) is 6.89. The molecule has 1 heterocycles. The number of nitrogens with zero attached hydrogens (tertiary/aromatic N) is 2. The summed E-state index contributed by atoms with van der Waals surface area (Å²) in [5, 5.41) is 6.67. The second-order valence-electron chi connectivity index (χ2n) is 5.68. The van der Waals surface area contributed by atoms with E-state index in [1.165, 1.54) is 10.9 Å². The van der Waals surface area contributed by atoms with Gasteiger partial charge in [-0.15, -0.1) is 0 Å². The largest absolute Gasteiger partial charge is 0.435 e. The van der Waals surface area contributed by atoms with Crippen LogP contribution in [0.1, 0.15) is 38.3 Å². The van der Waals surface area contributed by atoms with E-state index in [4.69, 9.17) is 5.73 Å². The lowest BCUT2D eigenvalue weighted by atomic mass is 9.94. The van der Waals surface area contributed by atoms with Gasteiger partial charge in [0.05, 0.1) is 5.54 Å². The van der Waals surface area contributed by atoms with Crippen molar-refractivity contribution >= 4 is 5.91 Å². The summed E-state index contributed by atoms with van der Waals surface area (Å²) in [6.07, 6.45) is -0.120. The summed E-state index contributed by atoms with van der Waals surface area (Å²) in [4.78, 5) is 11.6. The minimum atomic E-state index is -4.43. The van der Waals surface area contributed by atoms with Crippen LogP contribution in [-0.4, -0.2) is 27.3 Å². The van der Waals surface area contributed by atoms with Gasteiger partial charge in [0.1, 0.15) is 0 Å². The maximum atomic E-state index is 12.4. The van der Waals surface area contributed by atoms with Crippen LogP contribution in [0.25, 0.3) is 0 Å². The van der Waals surface area contributed by atoms with Gasteiger partial charge in [0.25, 0.3) is 0 Å². The summed E-state index contributed by atoms with van der Waals surface area (Å²) in [5.41, 5.74) is 3.69. The van der Waals surface area contributed by atoms with Crippen molar-refractivity contribution in [1.82, 2.24) is 15.1 Å². The first-order chi connectivity index (χ1) is 9.71. The number of primary amides is 1. The van der Waals surface area contributed by atoms with Crippen LogP contribution in [0.3, 0.4) is 0 Å². The van der Waals surface area contributed by atoms with Crippen molar-refractivity contribution < 1.29 is 18.0 Å². The molecule has 118 valence electrons. The summed E-state index contributed by atoms with van der Waals surface area (Å²) in [5.74, 6) is -0.439. The van der Waals surface area contributed by atoms with Gasteiger partial charge in [-0.05, 0) is 38.7 Å². The molecule has 1 unspecified atom stereocenters. The molecule has 1 aromatic heterocycles. The third-order valence-electron chi connectivity index (χ3n) is 3.64. The minimum absolute atomic E-state index is 0.311. The van der Waals surface area contributed by atoms with E-state index in [1.54, 1.807) is 6.92 Å². The van der Waals surface area contributed by atoms with Gasteiger partial charge in [0.15, 0.2) is 5.69 Å². The van der Waals surface area contributed by atoms with Crippen molar-refractivity contribution in [3.8, 4) is 0 Å². The minimum Gasteiger partial charge on any atom is -0.368 e. The van der Waals surface area contributed by atoms with E-state index in [9.17, 15) is 18.0 Å². The Balaban J connectivity index is 1.87. The molecule has 1 atom stereocenters. The first kappa shape index (κ1) is 15.8. The average molecular weight is 304 g/mol.